The number of aromatic nitrogens is 2. The van der Waals surface area contributed by atoms with E-state index in [1.165, 1.54) is 5.69 Å². The highest BCUT2D eigenvalue weighted by atomic mass is 15.3. The first-order valence-electron chi connectivity index (χ1n) is 6.06. The summed E-state index contributed by atoms with van der Waals surface area (Å²) in [6, 6.07) is 8.26. The number of nitrogens with one attached hydrogen (secondary N) is 1. The van der Waals surface area contributed by atoms with Crippen LogP contribution in [0.15, 0.2) is 24.4 Å². The van der Waals surface area contributed by atoms with E-state index in [4.69, 9.17) is 0 Å². The van der Waals surface area contributed by atoms with Crippen molar-refractivity contribution in [2.75, 3.05) is 6.54 Å². The summed E-state index contributed by atoms with van der Waals surface area (Å²) >= 11 is 0. The van der Waals surface area contributed by atoms with E-state index in [1.54, 1.807) is 0 Å². The average Bonchev–Trinajstić information content (AvgIpc) is 2.82. The van der Waals surface area contributed by atoms with Crippen molar-refractivity contribution in [2.45, 2.75) is 20.0 Å². The molecular weight excluding hydrogens is 224 g/mol. The standard InChI is InChI=1S/C14H14N4/c1-10-3-2-4-11(12(10)7-15)13-8-17-18-6-5-16-9-14(13)18/h2-4,8,16H,5-6,9H2,1H3. The highest BCUT2D eigenvalue weighted by molar-refractivity contribution is 5.73. The van der Waals surface area contributed by atoms with Gasteiger partial charge >= 0.3 is 0 Å². The first kappa shape index (κ1) is 11.0. The molecule has 1 aliphatic rings. The van der Waals surface area contributed by atoms with Gasteiger partial charge in [0.15, 0.2) is 0 Å². The molecule has 0 unspecified atom stereocenters. The Morgan fingerprint density at radius 2 is 2.28 bits per heavy atom. The van der Waals surface area contributed by atoms with Crippen LogP contribution in [0.2, 0.25) is 0 Å². The van der Waals surface area contributed by atoms with Gasteiger partial charge in [-0.3, -0.25) is 4.68 Å². The molecule has 90 valence electrons. The van der Waals surface area contributed by atoms with Crippen LogP contribution in [-0.2, 0) is 13.1 Å². The van der Waals surface area contributed by atoms with Gasteiger partial charge in [-0.15, -0.1) is 0 Å². The summed E-state index contributed by atoms with van der Waals surface area (Å²) in [7, 11) is 0. The van der Waals surface area contributed by atoms with Crippen molar-refractivity contribution in [3.05, 3.63) is 41.2 Å². The maximum atomic E-state index is 9.31. The van der Waals surface area contributed by atoms with Crippen LogP contribution in [-0.4, -0.2) is 16.3 Å². The number of aryl methyl sites for hydroxylation is 1. The molecule has 0 atom stereocenters. The van der Waals surface area contributed by atoms with Crippen LogP contribution >= 0.6 is 0 Å². The predicted octanol–water partition coefficient (Wildman–Crippen LogP) is 1.83. The van der Waals surface area contributed by atoms with E-state index in [9.17, 15) is 5.26 Å². The fraction of sp³-hybridized carbons (Fsp3) is 0.286. The minimum Gasteiger partial charge on any atom is -0.309 e. The molecule has 1 aliphatic heterocycles. The summed E-state index contributed by atoms with van der Waals surface area (Å²) in [6.45, 7) is 4.63. The Bertz CT molecular complexity index is 634. The minimum absolute atomic E-state index is 0.749. The van der Waals surface area contributed by atoms with Crippen LogP contribution in [0.25, 0.3) is 11.1 Å². The smallest absolute Gasteiger partial charge is 0.100 e. The first-order valence-corrected chi connectivity index (χ1v) is 6.06. The second-order valence-electron chi connectivity index (χ2n) is 4.51. The molecule has 0 aliphatic carbocycles. The molecule has 2 heterocycles. The molecule has 3 rings (SSSR count). The van der Waals surface area contributed by atoms with E-state index in [1.807, 2.05) is 36.0 Å². The van der Waals surface area contributed by atoms with E-state index >= 15 is 0 Å². The van der Waals surface area contributed by atoms with Crippen LogP contribution in [0.4, 0.5) is 0 Å². The molecule has 2 aromatic rings. The molecule has 0 radical (unpaired) electrons. The minimum atomic E-state index is 0.749. The van der Waals surface area contributed by atoms with Crippen molar-refractivity contribution in [1.82, 2.24) is 15.1 Å². The number of nitrogens with zero attached hydrogens (tertiary/aromatic N) is 3. The van der Waals surface area contributed by atoms with Crippen LogP contribution < -0.4 is 5.32 Å². The Kier molecular flexibility index (Phi) is 2.62. The molecule has 0 saturated carbocycles. The molecular formula is C14H14N4. The molecule has 4 heteroatoms. The summed E-state index contributed by atoms with van der Waals surface area (Å²) in [5.74, 6) is 0. The van der Waals surface area contributed by atoms with E-state index in [0.717, 1.165) is 41.9 Å². The fourth-order valence-electron chi connectivity index (χ4n) is 2.45. The van der Waals surface area contributed by atoms with Gasteiger partial charge in [0, 0.05) is 24.2 Å². The van der Waals surface area contributed by atoms with E-state index < -0.39 is 0 Å². The molecule has 1 aromatic carbocycles. The molecule has 1 N–H and O–H groups in total. The lowest BCUT2D eigenvalue weighted by Gasteiger charge is -2.16. The zero-order valence-corrected chi connectivity index (χ0v) is 10.3. The number of hydrogen-bond acceptors (Lipinski definition) is 3. The lowest BCUT2D eigenvalue weighted by atomic mass is 9.97. The Morgan fingerprint density at radius 3 is 3.11 bits per heavy atom. The summed E-state index contributed by atoms with van der Waals surface area (Å²) < 4.78 is 2.02. The van der Waals surface area contributed by atoms with E-state index in [2.05, 4.69) is 16.5 Å². The van der Waals surface area contributed by atoms with Crippen molar-refractivity contribution >= 4 is 0 Å². The van der Waals surface area contributed by atoms with Crippen LogP contribution in [0.1, 0.15) is 16.8 Å². The topological polar surface area (TPSA) is 53.6 Å². The lowest BCUT2D eigenvalue weighted by Crippen LogP contribution is -2.28. The SMILES string of the molecule is Cc1cccc(-c2cnn3c2CNCC3)c1C#N. The highest BCUT2D eigenvalue weighted by Gasteiger charge is 2.18. The highest BCUT2D eigenvalue weighted by Crippen LogP contribution is 2.29. The van der Waals surface area contributed by atoms with Gasteiger partial charge in [0.25, 0.3) is 0 Å². The second kappa shape index (κ2) is 4.28. The van der Waals surface area contributed by atoms with Crippen LogP contribution in [0.5, 0.6) is 0 Å². The van der Waals surface area contributed by atoms with Crippen molar-refractivity contribution in [3.63, 3.8) is 0 Å². The van der Waals surface area contributed by atoms with E-state index in [-0.39, 0.29) is 0 Å². The van der Waals surface area contributed by atoms with Crippen LogP contribution in [0.3, 0.4) is 0 Å². The Hall–Kier alpha value is -2.12. The molecule has 1 aromatic heterocycles. The van der Waals surface area contributed by atoms with Gasteiger partial charge in [0.1, 0.15) is 6.07 Å². The normalized spacial score (nSPS) is 14.0. The third-order valence-electron chi connectivity index (χ3n) is 3.42. The summed E-state index contributed by atoms with van der Waals surface area (Å²) in [5.41, 5.74) is 4.99. The summed E-state index contributed by atoms with van der Waals surface area (Å²) in [5, 5.41) is 17.1. The van der Waals surface area contributed by atoms with E-state index in [0.29, 0.717) is 0 Å². The van der Waals surface area contributed by atoms with Gasteiger partial charge < -0.3 is 5.32 Å². The predicted molar refractivity (Wildman–Crippen MR) is 68.8 cm³/mol. The number of rotatable bonds is 1. The third kappa shape index (κ3) is 1.60. The molecule has 0 bridgehead atoms. The first-order chi connectivity index (χ1) is 8.81. The molecule has 4 nitrogen and oxygen atoms in total. The summed E-state index contributed by atoms with van der Waals surface area (Å²) in [4.78, 5) is 0. The van der Waals surface area contributed by atoms with Gasteiger partial charge in [-0.25, -0.2) is 0 Å². The van der Waals surface area contributed by atoms with Gasteiger partial charge in [-0.2, -0.15) is 10.4 Å². The molecule has 0 saturated heterocycles. The molecule has 0 spiro atoms. The van der Waals surface area contributed by atoms with Crippen molar-refractivity contribution < 1.29 is 0 Å². The van der Waals surface area contributed by atoms with Crippen molar-refractivity contribution in [2.24, 2.45) is 0 Å². The largest absolute Gasteiger partial charge is 0.309 e. The zero-order chi connectivity index (χ0) is 12.5. The maximum Gasteiger partial charge on any atom is 0.100 e. The number of benzene rings is 1. The second-order valence-corrected chi connectivity index (χ2v) is 4.51. The average molecular weight is 238 g/mol. The lowest BCUT2D eigenvalue weighted by molar-refractivity contribution is 0.476. The van der Waals surface area contributed by atoms with Crippen molar-refractivity contribution in [1.29, 1.82) is 5.26 Å². The quantitative estimate of drug-likeness (QED) is 0.824. The Balaban J connectivity index is 2.19. The number of nitriles is 1. The van der Waals surface area contributed by atoms with Gasteiger partial charge in [-0.1, -0.05) is 18.2 Å². The molecule has 0 fully saturated rings. The summed E-state index contributed by atoms with van der Waals surface area (Å²) in [6.07, 6.45) is 1.87. The Morgan fingerprint density at radius 1 is 1.39 bits per heavy atom. The van der Waals surface area contributed by atoms with Gasteiger partial charge in [-0.05, 0) is 12.5 Å². The monoisotopic (exact) mass is 238 g/mol. The fourth-order valence-corrected chi connectivity index (χ4v) is 2.45. The third-order valence-corrected chi connectivity index (χ3v) is 3.42. The zero-order valence-electron chi connectivity index (χ0n) is 10.3. The van der Waals surface area contributed by atoms with Crippen molar-refractivity contribution in [3.8, 4) is 17.2 Å². The van der Waals surface area contributed by atoms with Gasteiger partial charge in [0.05, 0.1) is 24.0 Å². The Labute approximate surface area is 106 Å². The van der Waals surface area contributed by atoms with Crippen LogP contribution in [0, 0.1) is 18.3 Å². The molecule has 18 heavy (non-hydrogen) atoms. The molecule has 0 amide bonds. The number of fused-ring (bicyclic) bond motifs is 1. The number of hydrogen-bond donors (Lipinski definition) is 1. The van der Waals surface area contributed by atoms with Gasteiger partial charge in [0.2, 0.25) is 0 Å². The maximum absolute atomic E-state index is 9.31.